The Kier molecular flexibility index (Phi) is 10.0. The molecule has 4 unspecified atom stereocenters. The average Bonchev–Trinajstić information content (AvgIpc) is 3.43. The van der Waals surface area contributed by atoms with Gasteiger partial charge in [-0.15, -0.1) is 0 Å². The molecular weight excluding hydrogens is 650 g/mol. The van der Waals surface area contributed by atoms with Gasteiger partial charge in [0.2, 0.25) is 5.82 Å². The fourth-order valence-electron chi connectivity index (χ4n) is 5.32. The summed E-state index contributed by atoms with van der Waals surface area (Å²) in [6, 6.07) is 4.64. The first-order valence-corrected chi connectivity index (χ1v) is 16.2. The summed E-state index contributed by atoms with van der Waals surface area (Å²) in [6.45, 7) is 4.08. The van der Waals surface area contributed by atoms with Gasteiger partial charge >= 0.3 is 0 Å². The third-order valence-electron chi connectivity index (χ3n) is 7.58. The number of ether oxygens (including phenoxy) is 2. The van der Waals surface area contributed by atoms with Crippen molar-refractivity contribution in [2.45, 2.75) is 46.4 Å². The van der Waals surface area contributed by atoms with Crippen LogP contribution in [0.15, 0.2) is 34.1 Å². The highest BCUT2D eigenvalue weighted by atomic mass is 32.2. The molecule has 0 aliphatic carbocycles. The number of H-pyrrole nitrogens is 1. The summed E-state index contributed by atoms with van der Waals surface area (Å²) in [5.74, 6) is -13.4. The zero-order chi connectivity index (χ0) is 32.6. The van der Waals surface area contributed by atoms with Crippen molar-refractivity contribution in [1.29, 1.82) is 0 Å². The topological polar surface area (TPSA) is 112 Å². The largest absolute Gasteiger partial charge is 0.379 e. The third-order valence-corrected chi connectivity index (χ3v) is 10.5. The minimum Gasteiger partial charge on any atom is -0.379 e. The molecule has 3 heterocycles. The predicted molar refractivity (Wildman–Crippen MR) is 152 cm³/mol. The number of hydrogen-bond donors (Lipinski definition) is 3. The number of aryl methyl sites for hydroxylation is 1. The fourth-order valence-corrected chi connectivity index (χ4v) is 7.74. The number of aromatic amines is 1. The van der Waals surface area contributed by atoms with Crippen molar-refractivity contribution in [1.82, 2.24) is 25.3 Å². The van der Waals surface area contributed by atoms with Gasteiger partial charge < -0.3 is 14.8 Å². The SMILES string of the molecule is COC1C(Nc2cc(C)n[nH]2)NC(Sc2ccc(S(=O)(=O)Cc3c(F)c(F)c(F)c(F)c3F)cc2F)N(C)C1N1CCOCC1. The van der Waals surface area contributed by atoms with Crippen molar-refractivity contribution in [2.75, 3.05) is 45.8 Å². The first kappa shape index (κ1) is 33.5. The molecule has 45 heavy (non-hydrogen) atoms. The first-order chi connectivity index (χ1) is 21.3. The molecule has 2 aliphatic heterocycles. The Bertz CT molecular complexity index is 1630. The van der Waals surface area contributed by atoms with Gasteiger partial charge in [0, 0.05) is 36.7 Å². The van der Waals surface area contributed by atoms with Crippen LogP contribution in [0.4, 0.5) is 32.2 Å². The highest BCUT2D eigenvalue weighted by Gasteiger charge is 2.45. The minimum atomic E-state index is -4.73. The number of likely N-dealkylation sites (N-methyl/N-ethyl adjacent to an activating group) is 1. The van der Waals surface area contributed by atoms with Gasteiger partial charge in [-0.3, -0.25) is 20.2 Å². The summed E-state index contributed by atoms with van der Waals surface area (Å²) in [7, 11) is -1.32. The molecule has 2 aromatic carbocycles. The van der Waals surface area contributed by atoms with Gasteiger partial charge in [0.05, 0.1) is 35.7 Å². The second-order valence-corrected chi connectivity index (χ2v) is 13.6. The predicted octanol–water partition coefficient (Wildman–Crippen LogP) is 3.55. The van der Waals surface area contributed by atoms with Crippen LogP contribution >= 0.6 is 11.8 Å². The van der Waals surface area contributed by atoms with Crippen LogP contribution in [0, 0.1) is 41.8 Å². The molecule has 4 atom stereocenters. The van der Waals surface area contributed by atoms with Crippen molar-refractivity contribution in [3.05, 3.63) is 70.4 Å². The van der Waals surface area contributed by atoms with Gasteiger partial charge in [-0.2, -0.15) is 5.10 Å². The van der Waals surface area contributed by atoms with Crippen molar-refractivity contribution in [2.24, 2.45) is 0 Å². The van der Waals surface area contributed by atoms with E-state index in [1.54, 1.807) is 7.11 Å². The van der Waals surface area contributed by atoms with Crippen molar-refractivity contribution in [3.8, 4) is 0 Å². The lowest BCUT2D eigenvalue weighted by molar-refractivity contribution is -0.124. The Labute approximate surface area is 259 Å². The first-order valence-electron chi connectivity index (χ1n) is 13.6. The molecular formula is C27H30F6N6O4S2. The second-order valence-electron chi connectivity index (χ2n) is 10.5. The fraction of sp³-hybridized carbons (Fsp3) is 0.444. The zero-order valence-electron chi connectivity index (χ0n) is 24.2. The van der Waals surface area contributed by atoms with Gasteiger partial charge in [0.15, 0.2) is 33.1 Å². The van der Waals surface area contributed by atoms with Crippen molar-refractivity contribution in [3.63, 3.8) is 0 Å². The van der Waals surface area contributed by atoms with E-state index < -0.39 is 78.7 Å². The number of rotatable bonds is 9. The molecule has 0 bridgehead atoms. The van der Waals surface area contributed by atoms with Crippen LogP contribution in [0.5, 0.6) is 0 Å². The average molecular weight is 681 g/mol. The van der Waals surface area contributed by atoms with Crippen LogP contribution in [0.2, 0.25) is 0 Å². The summed E-state index contributed by atoms with van der Waals surface area (Å²) >= 11 is 1.04. The molecule has 1 aromatic heterocycles. The number of nitrogens with zero attached hydrogens (tertiary/aromatic N) is 3. The molecule has 0 amide bonds. The summed E-state index contributed by atoms with van der Waals surface area (Å²) in [5.41, 5.74) is -1.37. The van der Waals surface area contributed by atoms with Crippen molar-refractivity contribution >= 4 is 27.4 Å². The lowest BCUT2D eigenvalue weighted by atomic mass is 10.1. The molecule has 0 saturated carbocycles. The molecule has 2 fully saturated rings. The monoisotopic (exact) mass is 680 g/mol. The summed E-state index contributed by atoms with van der Waals surface area (Å²) in [4.78, 5) is 3.47. The van der Waals surface area contributed by atoms with Gasteiger partial charge in [-0.05, 0) is 32.2 Å². The highest BCUT2D eigenvalue weighted by molar-refractivity contribution is 7.99. The number of halogens is 6. The van der Waals surface area contributed by atoms with Gasteiger partial charge in [0.25, 0.3) is 0 Å². The van der Waals surface area contributed by atoms with E-state index in [1.807, 2.05) is 24.9 Å². The molecule has 246 valence electrons. The molecule has 0 radical (unpaired) electrons. The summed E-state index contributed by atoms with van der Waals surface area (Å²) < 4.78 is 122. The van der Waals surface area contributed by atoms with E-state index in [-0.39, 0.29) is 11.1 Å². The van der Waals surface area contributed by atoms with Gasteiger partial charge in [0.1, 0.15) is 29.4 Å². The molecule has 2 saturated heterocycles. The quantitative estimate of drug-likeness (QED) is 0.176. The van der Waals surface area contributed by atoms with Crippen LogP contribution in [0.1, 0.15) is 11.3 Å². The number of benzene rings is 2. The maximum Gasteiger partial charge on any atom is 0.200 e. The Morgan fingerprint density at radius 1 is 1.04 bits per heavy atom. The Morgan fingerprint density at radius 2 is 1.69 bits per heavy atom. The number of nitrogens with one attached hydrogen (secondary N) is 3. The summed E-state index contributed by atoms with van der Waals surface area (Å²) in [6.07, 6.45) is -1.23. The molecule has 3 N–H and O–H groups in total. The maximum atomic E-state index is 15.5. The standard InChI is InChI=1S/C27H30F6N6O4S2/c1-13-10-18(37-36-13)34-25-24(42-3)26(39-6-8-43-9-7-39)38(2)27(35-25)44-17-5-4-14(11-16(17)28)45(40,41)12-15-19(29)21(31)23(33)22(32)20(15)30/h4-5,10-11,24-27,35H,6-9,12H2,1-3H3,(H2,34,36,37). The molecule has 2 aliphatic rings. The highest BCUT2D eigenvalue weighted by Crippen LogP contribution is 2.35. The third kappa shape index (κ3) is 6.81. The minimum absolute atomic E-state index is 0.0299. The Balaban J connectivity index is 1.41. The van der Waals surface area contributed by atoms with E-state index in [0.29, 0.717) is 38.2 Å². The van der Waals surface area contributed by atoms with Crippen LogP contribution in [0.25, 0.3) is 0 Å². The number of sulfone groups is 1. The molecule has 18 heteroatoms. The molecule has 3 aromatic rings. The maximum absolute atomic E-state index is 15.5. The van der Waals surface area contributed by atoms with Gasteiger partial charge in [-0.1, -0.05) is 11.8 Å². The van der Waals surface area contributed by atoms with Crippen LogP contribution in [-0.4, -0.2) is 92.8 Å². The van der Waals surface area contributed by atoms with Crippen LogP contribution in [0.3, 0.4) is 0 Å². The molecule has 10 nitrogen and oxygen atoms in total. The van der Waals surface area contributed by atoms with Crippen molar-refractivity contribution < 1.29 is 44.2 Å². The van der Waals surface area contributed by atoms with E-state index in [1.165, 1.54) is 6.07 Å². The number of methoxy groups -OCH3 is 1. The van der Waals surface area contributed by atoms with E-state index in [2.05, 4.69) is 25.7 Å². The summed E-state index contributed by atoms with van der Waals surface area (Å²) in [5, 5.41) is 13.8. The smallest absolute Gasteiger partial charge is 0.200 e. The lowest BCUT2D eigenvalue weighted by Crippen LogP contribution is -2.72. The van der Waals surface area contributed by atoms with Gasteiger partial charge in [-0.25, -0.2) is 34.8 Å². The number of morpholine rings is 1. The Hall–Kier alpha value is -2.87. The number of aromatic nitrogens is 2. The lowest BCUT2D eigenvalue weighted by Gasteiger charge is -2.52. The second kappa shape index (κ2) is 13.5. The van der Waals surface area contributed by atoms with Crippen LogP contribution < -0.4 is 10.6 Å². The number of anilines is 1. The van der Waals surface area contributed by atoms with E-state index in [0.717, 1.165) is 23.5 Å². The zero-order valence-corrected chi connectivity index (χ0v) is 25.8. The molecule has 0 spiro atoms. The van der Waals surface area contributed by atoms with Crippen LogP contribution in [-0.2, 0) is 25.1 Å². The van der Waals surface area contributed by atoms with E-state index >= 15 is 4.39 Å². The number of thioether (sulfide) groups is 1. The number of hydrogen-bond acceptors (Lipinski definition) is 10. The normalized spacial score (nSPS) is 23.4. The molecule has 5 rings (SSSR count). The van der Waals surface area contributed by atoms with E-state index in [9.17, 15) is 30.4 Å². The Morgan fingerprint density at radius 3 is 2.27 bits per heavy atom. The van der Waals surface area contributed by atoms with E-state index in [4.69, 9.17) is 9.47 Å².